The van der Waals surface area contributed by atoms with Crippen molar-refractivity contribution >= 4 is 5.69 Å². The maximum atomic E-state index is 12.9. The van der Waals surface area contributed by atoms with Crippen molar-refractivity contribution in [3.8, 4) is 0 Å². The molecule has 0 aromatic heterocycles. The highest BCUT2D eigenvalue weighted by Crippen LogP contribution is 2.08. The lowest BCUT2D eigenvalue weighted by atomic mass is 10.3. The minimum absolute atomic E-state index is 0.198. The Hall–Kier alpha value is -1.13. The topological polar surface area (TPSA) is 18.5 Å². The van der Waals surface area contributed by atoms with Crippen LogP contribution in [0.4, 0.5) is 10.1 Å². The fraction of sp³-hybridized carbons (Fsp3) is 0.538. The van der Waals surface area contributed by atoms with Crippen LogP contribution in [0.5, 0.6) is 0 Å². The quantitative estimate of drug-likeness (QED) is 0.782. The Labute approximate surface area is 103 Å². The summed E-state index contributed by atoms with van der Waals surface area (Å²) in [6.07, 6.45) is 0. The van der Waals surface area contributed by atoms with Gasteiger partial charge < -0.3 is 15.1 Å². The third-order valence-electron chi connectivity index (χ3n) is 2.58. The van der Waals surface area contributed by atoms with Crippen LogP contribution in [-0.4, -0.2) is 57.1 Å². The molecule has 0 fully saturated rings. The van der Waals surface area contributed by atoms with Gasteiger partial charge in [0.2, 0.25) is 0 Å². The minimum Gasteiger partial charge on any atom is -0.384 e. The molecule has 1 aromatic rings. The van der Waals surface area contributed by atoms with Crippen LogP contribution in [0.1, 0.15) is 0 Å². The van der Waals surface area contributed by atoms with Crippen LogP contribution >= 0.6 is 0 Å². The van der Waals surface area contributed by atoms with Gasteiger partial charge in [0.1, 0.15) is 5.82 Å². The normalized spacial score (nSPS) is 11.2. The molecule has 0 atom stereocenters. The number of nitrogens with one attached hydrogen (secondary N) is 1. The van der Waals surface area contributed by atoms with Crippen molar-refractivity contribution in [2.75, 3.05) is 52.6 Å². The zero-order chi connectivity index (χ0) is 12.7. The van der Waals surface area contributed by atoms with Gasteiger partial charge in [0.25, 0.3) is 0 Å². The lowest BCUT2D eigenvalue weighted by Gasteiger charge is -2.19. The molecule has 1 aromatic carbocycles. The number of rotatable bonds is 7. The van der Waals surface area contributed by atoms with Crippen molar-refractivity contribution in [2.24, 2.45) is 0 Å². The summed E-state index contributed by atoms with van der Waals surface area (Å²) in [5.41, 5.74) is 0.839. The zero-order valence-corrected chi connectivity index (χ0v) is 10.9. The molecule has 0 aliphatic rings. The second kappa shape index (κ2) is 7.25. The van der Waals surface area contributed by atoms with Crippen molar-refractivity contribution in [3.63, 3.8) is 0 Å². The van der Waals surface area contributed by atoms with Crippen LogP contribution in [0, 0.1) is 5.82 Å². The summed E-state index contributed by atoms with van der Waals surface area (Å²) in [7, 11) is 6.23. The molecule has 0 amide bonds. The number of anilines is 1. The number of nitrogens with zero attached hydrogens (tertiary/aromatic N) is 2. The van der Waals surface area contributed by atoms with E-state index < -0.39 is 0 Å². The molecule has 0 saturated carbocycles. The SMILES string of the molecule is CN(C)CCN(C)CCNc1cccc(F)c1. The average molecular weight is 239 g/mol. The first-order valence-corrected chi connectivity index (χ1v) is 5.90. The van der Waals surface area contributed by atoms with Crippen molar-refractivity contribution in [1.82, 2.24) is 9.80 Å². The molecule has 0 radical (unpaired) electrons. The second-order valence-corrected chi connectivity index (χ2v) is 4.54. The first kappa shape index (κ1) is 13.9. The molecule has 96 valence electrons. The van der Waals surface area contributed by atoms with E-state index in [4.69, 9.17) is 0 Å². The van der Waals surface area contributed by atoms with Crippen molar-refractivity contribution < 1.29 is 4.39 Å². The third-order valence-corrected chi connectivity index (χ3v) is 2.58. The Morgan fingerprint density at radius 2 is 1.88 bits per heavy atom. The molecular weight excluding hydrogens is 217 g/mol. The largest absolute Gasteiger partial charge is 0.384 e. The van der Waals surface area contributed by atoms with Crippen LogP contribution < -0.4 is 5.32 Å². The van der Waals surface area contributed by atoms with E-state index in [1.807, 2.05) is 6.07 Å². The van der Waals surface area contributed by atoms with E-state index in [1.54, 1.807) is 6.07 Å². The molecule has 1 rings (SSSR count). The van der Waals surface area contributed by atoms with E-state index in [1.165, 1.54) is 12.1 Å². The molecule has 0 spiro atoms. The number of halogens is 1. The Morgan fingerprint density at radius 3 is 2.53 bits per heavy atom. The van der Waals surface area contributed by atoms with Crippen molar-refractivity contribution in [1.29, 1.82) is 0 Å². The number of hydrogen-bond acceptors (Lipinski definition) is 3. The molecule has 0 bridgehead atoms. The Balaban J connectivity index is 2.19. The van der Waals surface area contributed by atoms with E-state index in [0.717, 1.165) is 31.9 Å². The lowest BCUT2D eigenvalue weighted by molar-refractivity contribution is 0.289. The highest BCUT2D eigenvalue weighted by Gasteiger charge is 1.99. The molecule has 0 aliphatic heterocycles. The highest BCUT2D eigenvalue weighted by molar-refractivity contribution is 5.42. The molecule has 1 N–H and O–H groups in total. The van der Waals surface area contributed by atoms with Crippen LogP contribution in [0.25, 0.3) is 0 Å². The number of benzene rings is 1. The summed E-state index contributed by atoms with van der Waals surface area (Å²) in [5, 5.41) is 3.21. The van der Waals surface area contributed by atoms with Gasteiger partial charge in [-0.05, 0) is 39.3 Å². The van der Waals surface area contributed by atoms with E-state index >= 15 is 0 Å². The molecule has 0 heterocycles. The maximum Gasteiger partial charge on any atom is 0.125 e. The van der Waals surface area contributed by atoms with Crippen LogP contribution in [0.15, 0.2) is 24.3 Å². The number of hydrogen-bond donors (Lipinski definition) is 1. The predicted molar refractivity (Wildman–Crippen MR) is 70.9 cm³/mol. The molecule has 0 unspecified atom stereocenters. The van der Waals surface area contributed by atoms with Gasteiger partial charge in [-0.1, -0.05) is 6.07 Å². The van der Waals surface area contributed by atoms with Crippen LogP contribution in [-0.2, 0) is 0 Å². The van der Waals surface area contributed by atoms with Gasteiger partial charge >= 0.3 is 0 Å². The minimum atomic E-state index is -0.198. The molecule has 0 saturated heterocycles. The Morgan fingerprint density at radius 1 is 1.12 bits per heavy atom. The van der Waals surface area contributed by atoms with E-state index in [9.17, 15) is 4.39 Å². The summed E-state index contributed by atoms with van der Waals surface area (Å²) < 4.78 is 12.9. The van der Waals surface area contributed by atoms with E-state index in [2.05, 4.69) is 36.3 Å². The molecule has 4 heteroatoms. The summed E-state index contributed by atoms with van der Waals surface area (Å²) in [4.78, 5) is 4.42. The first-order valence-electron chi connectivity index (χ1n) is 5.90. The fourth-order valence-corrected chi connectivity index (χ4v) is 1.47. The summed E-state index contributed by atoms with van der Waals surface area (Å²) in [6, 6.07) is 6.56. The monoisotopic (exact) mass is 239 g/mol. The summed E-state index contributed by atoms with van der Waals surface area (Å²) in [5.74, 6) is -0.198. The number of likely N-dealkylation sites (N-methyl/N-ethyl adjacent to an activating group) is 2. The fourth-order valence-electron chi connectivity index (χ4n) is 1.47. The van der Waals surface area contributed by atoms with Gasteiger partial charge in [-0.15, -0.1) is 0 Å². The van der Waals surface area contributed by atoms with Gasteiger partial charge in [-0.2, -0.15) is 0 Å². The van der Waals surface area contributed by atoms with Gasteiger partial charge in [0.15, 0.2) is 0 Å². The van der Waals surface area contributed by atoms with E-state index in [0.29, 0.717) is 0 Å². The van der Waals surface area contributed by atoms with Gasteiger partial charge in [0, 0.05) is 31.9 Å². The smallest absolute Gasteiger partial charge is 0.125 e. The molecule has 0 aliphatic carbocycles. The first-order chi connectivity index (χ1) is 8.08. The standard InChI is InChI=1S/C13H22FN3/c1-16(2)9-10-17(3)8-7-15-13-6-4-5-12(14)11-13/h4-6,11,15H,7-10H2,1-3H3. The summed E-state index contributed by atoms with van der Waals surface area (Å²) >= 11 is 0. The highest BCUT2D eigenvalue weighted by atomic mass is 19.1. The second-order valence-electron chi connectivity index (χ2n) is 4.54. The zero-order valence-electron chi connectivity index (χ0n) is 10.9. The van der Waals surface area contributed by atoms with Crippen LogP contribution in [0.2, 0.25) is 0 Å². The Kier molecular flexibility index (Phi) is 5.94. The average Bonchev–Trinajstić information content (AvgIpc) is 2.26. The van der Waals surface area contributed by atoms with Crippen molar-refractivity contribution in [3.05, 3.63) is 30.1 Å². The van der Waals surface area contributed by atoms with Gasteiger partial charge in [-0.3, -0.25) is 0 Å². The summed E-state index contributed by atoms with van der Waals surface area (Å²) in [6.45, 7) is 3.87. The van der Waals surface area contributed by atoms with E-state index in [-0.39, 0.29) is 5.82 Å². The maximum absolute atomic E-state index is 12.9. The van der Waals surface area contributed by atoms with Crippen LogP contribution in [0.3, 0.4) is 0 Å². The predicted octanol–water partition coefficient (Wildman–Crippen LogP) is 1.73. The Bertz CT molecular complexity index is 328. The molecular formula is C13H22FN3. The molecule has 17 heavy (non-hydrogen) atoms. The van der Waals surface area contributed by atoms with Gasteiger partial charge in [0.05, 0.1) is 0 Å². The van der Waals surface area contributed by atoms with Crippen molar-refractivity contribution in [2.45, 2.75) is 0 Å². The molecule has 3 nitrogen and oxygen atoms in total. The van der Waals surface area contributed by atoms with Gasteiger partial charge in [-0.25, -0.2) is 4.39 Å². The lowest BCUT2D eigenvalue weighted by Crippen LogP contribution is -2.32. The third kappa shape index (κ3) is 6.24.